The molecule has 0 radical (unpaired) electrons. The Hall–Kier alpha value is -3.93. The summed E-state index contributed by atoms with van der Waals surface area (Å²) in [6.45, 7) is 0.896. The summed E-state index contributed by atoms with van der Waals surface area (Å²) in [6, 6.07) is 19.0. The van der Waals surface area contributed by atoms with Crippen molar-refractivity contribution in [3.63, 3.8) is 0 Å². The molecule has 0 aliphatic carbocycles. The van der Waals surface area contributed by atoms with E-state index >= 15 is 0 Å². The monoisotopic (exact) mass is 425 g/mol. The Morgan fingerprint density at radius 2 is 1.69 bits per heavy atom. The highest BCUT2D eigenvalue weighted by Crippen LogP contribution is 2.38. The number of hydrogen-bond donors (Lipinski definition) is 0. The van der Waals surface area contributed by atoms with Crippen molar-refractivity contribution in [1.29, 1.82) is 0 Å². The number of amides is 2. The van der Waals surface area contributed by atoms with Gasteiger partial charge in [-0.1, -0.05) is 30.3 Å². The lowest BCUT2D eigenvalue weighted by Crippen LogP contribution is -2.36. The maximum absolute atomic E-state index is 13.7. The lowest BCUT2D eigenvalue weighted by molar-refractivity contribution is -0.137. The van der Waals surface area contributed by atoms with Gasteiger partial charge in [0, 0.05) is 24.6 Å². The highest BCUT2D eigenvalue weighted by Gasteiger charge is 2.42. The maximum atomic E-state index is 13.7. The second kappa shape index (κ2) is 8.30. The molecule has 0 atom stereocenters. The number of benzene rings is 2. The second-order valence-electron chi connectivity index (χ2n) is 7.89. The Labute approximate surface area is 186 Å². The van der Waals surface area contributed by atoms with Crippen LogP contribution in [0.15, 0.2) is 78.8 Å². The molecule has 0 N–H and O–H groups in total. The van der Waals surface area contributed by atoms with Gasteiger partial charge in [-0.15, -0.1) is 0 Å². The van der Waals surface area contributed by atoms with Crippen LogP contribution in [0.4, 0.5) is 5.69 Å². The van der Waals surface area contributed by atoms with Crippen molar-refractivity contribution in [1.82, 2.24) is 9.88 Å². The Kier molecular flexibility index (Phi) is 5.19. The summed E-state index contributed by atoms with van der Waals surface area (Å²) >= 11 is 0. The first-order valence-corrected chi connectivity index (χ1v) is 10.7. The molecule has 2 amide bonds. The van der Waals surface area contributed by atoms with Crippen molar-refractivity contribution in [3.05, 3.63) is 95.4 Å². The number of carbonyl (C=O) groups is 2. The zero-order chi connectivity index (χ0) is 22.1. The molecule has 2 aliphatic heterocycles. The average Bonchev–Trinajstić information content (AvgIpc) is 3.09. The number of methoxy groups -OCH3 is 1. The van der Waals surface area contributed by atoms with Gasteiger partial charge in [0.1, 0.15) is 11.4 Å². The van der Waals surface area contributed by atoms with E-state index in [1.54, 1.807) is 19.5 Å². The van der Waals surface area contributed by atoms with E-state index in [0.717, 1.165) is 24.1 Å². The topological polar surface area (TPSA) is 62.7 Å². The lowest BCUT2D eigenvalue weighted by Gasteiger charge is -2.32. The summed E-state index contributed by atoms with van der Waals surface area (Å²) in [5.41, 5.74) is 4.63. The van der Waals surface area contributed by atoms with Crippen LogP contribution < -0.4 is 9.64 Å². The van der Waals surface area contributed by atoms with E-state index in [1.807, 2.05) is 59.5 Å². The largest absolute Gasteiger partial charge is 0.497 e. The Morgan fingerprint density at radius 3 is 2.44 bits per heavy atom. The number of fused-ring (bicyclic) bond motifs is 1. The van der Waals surface area contributed by atoms with E-state index in [2.05, 4.69) is 11.1 Å². The molecule has 0 spiro atoms. The fourth-order valence-corrected chi connectivity index (χ4v) is 4.41. The van der Waals surface area contributed by atoms with Crippen LogP contribution in [0.2, 0.25) is 0 Å². The Bertz CT molecular complexity index is 1200. The third-order valence-corrected chi connectivity index (χ3v) is 5.99. The molecule has 0 fully saturated rings. The van der Waals surface area contributed by atoms with Crippen LogP contribution in [-0.4, -0.2) is 35.4 Å². The summed E-state index contributed by atoms with van der Waals surface area (Å²) in [7, 11) is 1.60. The first kappa shape index (κ1) is 20.0. The van der Waals surface area contributed by atoms with Gasteiger partial charge in [0.2, 0.25) is 0 Å². The molecule has 3 heterocycles. The quantitative estimate of drug-likeness (QED) is 0.582. The molecule has 0 bridgehead atoms. The molecule has 6 heteroatoms. The van der Waals surface area contributed by atoms with Crippen molar-refractivity contribution >= 4 is 23.1 Å². The minimum Gasteiger partial charge on any atom is -0.497 e. The van der Waals surface area contributed by atoms with Crippen molar-refractivity contribution in [3.8, 4) is 5.75 Å². The lowest BCUT2D eigenvalue weighted by atomic mass is 9.98. The van der Waals surface area contributed by atoms with Crippen molar-refractivity contribution < 1.29 is 14.3 Å². The van der Waals surface area contributed by atoms with E-state index in [0.29, 0.717) is 29.1 Å². The zero-order valence-electron chi connectivity index (χ0n) is 17.8. The second-order valence-corrected chi connectivity index (χ2v) is 7.89. The number of imide groups is 1. The molecule has 0 unspecified atom stereocenters. The first-order chi connectivity index (χ1) is 15.7. The number of ether oxygens (including phenoxy) is 1. The molecular weight excluding hydrogens is 402 g/mol. The number of rotatable bonds is 5. The minimum absolute atomic E-state index is 0.207. The maximum Gasteiger partial charge on any atom is 0.278 e. The third-order valence-electron chi connectivity index (χ3n) is 5.99. The molecule has 2 aromatic carbocycles. The predicted octanol–water partition coefficient (Wildman–Crippen LogP) is 3.82. The van der Waals surface area contributed by atoms with Crippen LogP contribution in [-0.2, 0) is 22.6 Å². The van der Waals surface area contributed by atoms with Gasteiger partial charge >= 0.3 is 0 Å². The number of hydrogen-bond acceptors (Lipinski definition) is 5. The van der Waals surface area contributed by atoms with Crippen molar-refractivity contribution in [2.45, 2.75) is 19.4 Å². The van der Waals surface area contributed by atoms with Crippen LogP contribution in [0, 0.1) is 0 Å². The summed E-state index contributed by atoms with van der Waals surface area (Å²) < 4.78 is 5.27. The van der Waals surface area contributed by atoms with Gasteiger partial charge in [-0.05, 0) is 59.9 Å². The van der Waals surface area contributed by atoms with Crippen molar-refractivity contribution in [2.24, 2.45) is 0 Å². The van der Waals surface area contributed by atoms with Crippen molar-refractivity contribution in [2.75, 3.05) is 18.6 Å². The summed E-state index contributed by atoms with van der Waals surface area (Å²) in [5, 5.41) is 0. The fourth-order valence-electron chi connectivity index (χ4n) is 4.41. The molecule has 0 saturated heterocycles. The highest BCUT2D eigenvalue weighted by molar-refractivity contribution is 6.36. The van der Waals surface area contributed by atoms with Crippen LogP contribution >= 0.6 is 0 Å². The highest BCUT2D eigenvalue weighted by atomic mass is 16.5. The number of para-hydroxylation sites is 1. The Balaban J connectivity index is 1.62. The summed E-state index contributed by atoms with van der Waals surface area (Å²) in [5.74, 6) is 0.147. The van der Waals surface area contributed by atoms with Crippen LogP contribution in [0.1, 0.15) is 23.1 Å². The molecule has 6 nitrogen and oxygen atoms in total. The van der Waals surface area contributed by atoms with Gasteiger partial charge in [-0.25, -0.2) is 0 Å². The molecule has 3 aromatic rings. The van der Waals surface area contributed by atoms with E-state index in [4.69, 9.17) is 4.74 Å². The summed E-state index contributed by atoms with van der Waals surface area (Å²) in [6.07, 6.45) is 5.21. The Morgan fingerprint density at radius 1 is 0.938 bits per heavy atom. The van der Waals surface area contributed by atoms with Gasteiger partial charge in [0.15, 0.2) is 0 Å². The van der Waals surface area contributed by atoms with Gasteiger partial charge in [0.05, 0.1) is 19.2 Å². The van der Waals surface area contributed by atoms with E-state index in [1.165, 1.54) is 10.5 Å². The number of nitrogens with zero attached hydrogens (tertiary/aromatic N) is 3. The minimum atomic E-state index is -0.282. The van der Waals surface area contributed by atoms with E-state index < -0.39 is 0 Å². The van der Waals surface area contributed by atoms with Gasteiger partial charge in [-0.3, -0.25) is 19.5 Å². The van der Waals surface area contributed by atoms with Crippen LogP contribution in [0.5, 0.6) is 5.75 Å². The molecule has 0 saturated carbocycles. The van der Waals surface area contributed by atoms with Crippen LogP contribution in [0.3, 0.4) is 0 Å². The molecule has 5 rings (SSSR count). The number of aryl methyl sites for hydroxylation is 1. The number of aromatic nitrogens is 1. The standard InChI is InChI=1S/C26H23N3O3/c1-32-21-10-8-20(9-11-21)23-24(28-16-4-6-19-5-2-3-7-22(19)28)26(31)29(25(23)30)17-18-12-14-27-15-13-18/h2-3,5,7-15H,4,6,16-17H2,1H3. The zero-order valence-corrected chi connectivity index (χ0v) is 17.8. The molecular formula is C26H23N3O3. The smallest absolute Gasteiger partial charge is 0.278 e. The number of anilines is 1. The van der Waals surface area contributed by atoms with Crippen LogP contribution in [0.25, 0.3) is 5.57 Å². The van der Waals surface area contributed by atoms with Gasteiger partial charge in [-0.2, -0.15) is 0 Å². The normalized spacial score (nSPS) is 15.9. The fraction of sp³-hybridized carbons (Fsp3) is 0.192. The molecule has 160 valence electrons. The number of carbonyl (C=O) groups excluding carboxylic acids is 2. The predicted molar refractivity (Wildman–Crippen MR) is 122 cm³/mol. The third kappa shape index (κ3) is 3.43. The average molecular weight is 425 g/mol. The summed E-state index contributed by atoms with van der Waals surface area (Å²) in [4.78, 5) is 34.7. The number of pyridine rings is 1. The van der Waals surface area contributed by atoms with E-state index in [-0.39, 0.29) is 18.4 Å². The SMILES string of the molecule is COc1ccc(C2=C(N3CCCc4ccccc43)C(=O)N(Cc3ccncc3)C2=O)cc1. The molecule has 32 heavy (non-hydrogen) atoms. The van der Waals surface area contributed by atoms with Gasteiger partial charge < -0.3 is 9.64 Å². The molecule has 2 aliphatic rings. The van der Waals surface area contributed by atoms with E-state index in [9.17, 15) is 9.59 Å². The first-order valence-electron chi connectivity index (χ1n) is 10.7. The molecule has 1 aromatic heterocycles. The van der Waals surface area contributed by atoms with Gasteiger partial charge in [0.25, 0.3) is 11.8 Å².